The minimum Gasteiger partial charge on any atom is -0.240 e. The predicted octanol–water partition coefficient (Wildman–Crippen LogP) is 6.32. The highest BCUT2D eigenvalue weighted by Gasteiger charge is 2.15. The highest BCUT2D eigenvalue weighted by atomic mass is 32.2. The van der Waals surface area contributed by atoms with Crippen molar-refractivity contribution in [2.75, 3.05) is 5.75 Å². The van der Waals surface area contributed by atoms with Crippen LogP contribution in [0.5, 0.6) is 0 Å². The van der Waals surface area contributed by atoms with Crippen LogP contribution < -0.4 is 0 Å². The van der Waals surface area contributed by atoms with Crippen LogP contribution in [-0.4, -0.2) is 10.7 Å². The minimum absolute atomic E-state index is 0.290. The first-order valence-electron chi connectivity index (χ1n) is 8.62. The summed E-state index contributed by atoms with van der Waals surface area (Å²) in [7, 11) is 0. The van der Waals surface area contributed by atoms with Gasteiger partial charge >= 0.3 is 0 Å². The molecule has 3 aromatic rings. The number of benzene rings is 2. The van der Waals surface area contributed by atoms with Gasteiger partial charge < -0.3 is 0 Å². The van der Waals surface area contributed by atoms with Gasteiger partial charge in [-0.2, -0.15) is 5.26 Å². The van der Waals surface area contributed by atoms with Crippen molar-refractivity contribution in [3.8, 4) is 28.5 Å². The Labute approximate surface area is 157 Å². The van der Waals surface area contributed by atoms with E-state index in [4.69, 9.17) is 4.98 Å². The maximum absolute atomic E-state index is 13.3. The molecule has 0 saturated heterocycles. The average molecular weight is 362 g/mol. The molecule has 0 aliphatic rings. The largest absolute Gasteiger partial charge is 0.240 e. The van der Waals surface area contributed by atoms with Gasteiger partial charge in [-0.25, -0.2) is 9.37 Å². The van der Waals surface area contributed by atoms with Crippen molar-refractivity contribution in [2.45, 2.75) is 24.8 Å². The number of pyridine rings is 1. The van der Waals surface area contributed by atoms with Gasteiger partial charge in [0.25, 0.3) is 0 Å². The SMILES string of the molecule is CCCCSc1nc(-c2ccccc2)cc(-c2ccc(F)cc2)c1C#N. The van der Waals surface area contributed by atoms with Crippen LogP contribution in [0.2, 0.25) is 0 Å². The van der Waals surface area contributed by atoms with Crippen molar-refractivity contribution in [3.63, 3.8) is 0 Å². The molecule has 130 valence electrons. The van der Waals surface area contributed by atoms with E-state index in [2.05, 4.69) is 13.0 Å². The van der Waals surface area contributed by atoms with Crippen LogP contribution >= 0.6 is 11.8 Å². The second-order valence-electron chi connectivity index (χ2n) is 5.92. The van der Waals surface area contributed by atoms with E-state index in [1.807, 2.05) is 36.4 Å². The molecule has 0 N–H and O–H groups in total. The van der Waals surface area contributed by atoms with Gasteiger partial charge in [-0.05, 0) is 35.9 Å². The topological polar surface area (TPSA) is 36.7 Å². The molecule has 0 atom stereocenters. The van der Waals surface area contributed by atoms with E-state index in [-0.39, 0.29) is 5.82 Å². The van der Waals surface area contributed by atoms with Crippen LogP contribution in [-0.2, 0) is 0 Å². The lowest BCUT2D eigenvalue weighted by atomic mass is 9.99. The zero-order valence-corrected chi connectivity index (χ0v) is 15.4. The number of nitrogens with zero attached hydrogens (tertiary/aromatic N) is 2. The summed E-state index contributed by atoms with van der Waals surface area (Å²) in [4.78, 5) is 4.76. The van der Waals surface area contributed by atoms with Crippen molar-refractivity contribution in [2.24, 2.45) is 0 Å². The Balaban J connectivity index is 2.15. The van der Waals surface area contributed by atoms with Gasteiger partial charge in [0.15, 0.2) is 0 Å². The maximum atomic E-state index is 13.3. The summed E-state index contributed by atoms with van der Waals surface area (Å²) in [5.74, 6) is 0.626. The summed E-state index contributed by atoms with van der Waals surface area (Å²) in [6.45, 7) is 2.14. The molecule has 0 aliphatic carbocycles. The molecule has 0 bridgehead atoms. The van der Waals surface area contributed by atoms with Gasteiger partial charge in [-0.3, -0.25) is 0 Å². The highest BCUT2D eigenvalue weighted by Crippen LogP contribution is 2.34. The van der Waals surface area contributed by atoms with Crippen molar-refractivity contribution in [1.29, 1.82) is 5.26 Å². The number of rotatable bonds is 6. The monoisotopic (exact) mass is 362 g/mol. The number of unbranched alkanes of at least 4 members (excludes halogenated alkanes) is 1. The van der Waals surface area contributed by atoms with Crippen LogP contribution in [0.4, 0.5) is 4.39 Å². The summed E-state index contributed by atoms with van der Waals surface area (Å²) in [5, 5.41) is 10.5. The van der Waals surface area contributed by atoms with E-state index < -0.39 is 0 Å². The molecule has 0 spiro atoms. The number of halogens is 1. The Morgan fingerprint density at radius 3 is 2.42 bits per heavy atom. The van der Waals surface area contributed by atoms with Gasteiger partial charge in [0, 0.05) is 11.1 Å². The molecule has 2 nitrogen and oxygen atoms in total. The molecule has 3 rings (SSSR count). The van der Waals surface area contributed by atoms with E-state index in [9.17, 15) is 9.65 Å². The lowest BCUT2D eigenvalue weighted by molar-refractivity contribution is 0.628. The minimum atomic E-state index is -0.290. The third kappa shape index (κ3) is 4.12. The van der Waals surface area contributed by atoms with Crippen LogP contribution in [0.25, 0.3) is 22.4 Å². The zero-order valence-electron chi connectivity index (χ0n) is 14.6. The maximum Gasteiger partial charge on any atom is 0.123 e. The van der Waals surface area contributed by atoms with E-state index in [1.54, 1.807) is 23.9 Å². The summed E-state index contributed by atoms with van der Waals surface area (Å²) >= 11 is 1.61. The first-order chi connectivity index (χ1) is 12.7. The first-order valence-corrected chi connectivity index (χ1v) is 9.60. The summed E-state index contributed by atoms with van der Waals surface area (Å²) in [6.07, 6.45) is 2.16. The molecule has 2 aromatic carbocycles. The quantitative estimate of drug-likeness (QED) is 0.380. The Morgan fingerprint density at radius 1 is 1.04 bits per heavy atom. The van der Waals surface area contributed by atoms with Crippen LogP contribution in [0, 0.1) is 17.1 Å². The summed E-state index contributed by atoms with van der Waals surface area (Å²) in [6, 6.07) is 20.4. The second-order valence-corrected chi connectivity index (χ2v) is 7.01. The molecule has 26 heavy (non-hydrogen) atoms. The Bertz CT molecular complexity index is 915. The van der Waals surface area contributed by atoms with Crippen molar-refractivity contribution >= 4 is 11.8 Å². The van der Waals surface area contributed by atoms with Crippen molar-refractivity contribution in [1.82, 2.24) is 4.98 Å². The molecule has 0 unspecified atom stereocenters. The highest BCUT2D eigenvalue weighted by molar-refractivity contribution is 7.99. The van der Waals surface area contributed by atoms with Crippen molar-refractivity contribution < 1.29 is 4.39 Å². The molecule has 0 fully saturated rings. The molecule has 1 heterocycles. The molecular weight excluding hydrogens is 343 g/mol. The molecule has 0 amide bonds. The zero-order chi connectivity index (χ0) is 18.4. The predicted molar refractivity (Wildman–Crippen MR) is 105 cm³/mol. The van der Waals surface area contributed by atoms with Crippen molar-refractivity contribution in [3.05, 3.63) is 72.0 Å². The summed E-state index contributed by atoms with van der Waals surface area (Å²) in [5.41, 5.74) is 3.98. The Kier molecular flexibility index (Phi) is 6.04. The van der Waals surface area contributed by atoms with Crippen LogP contribution in [0.15, 0.2) is 65.7 Å². The molecule has 4 heteroatoms. The Hall–Kier alpha value is -2.64. The lowest BCUT2D eigenvalue weighted by Gasteiger charge is -2.12. The fraction of sp³-hybridized carbons (Fsp3) is 0.182. The van der Waals surface area contributed by atoms with Gasteiger partial charge in [-0.15, -0.1) is 11.8 Å². The number of hydrogen-bond acceptors (Lipinski definition) is 3. The van der Waals surface area contributed by atoms with Gasteiger partial charge in [-0.1, -0.05) is 55.8 Å². The normalized spacial score (nSPS) is 10.5. The first kappa shape index (κ1) is 18.2. The third-order valence-corrected chi connectivity index (χ3v) is 5.12. The molecule has 1 aromatic heterocycles. The summed E-state index contributed by atoms with van der Waals surface area (Å²) < 4.78 is 13.3. The van der Waals surface area contributed by atoms with Gasteiger partial charge in [0.05, 0.1) is 11.3 Å². The van der Waals surface area contributed by atoms with E-state index in [0.29, 0.717) is 5.56 Å². The second kappa shape index (κ2) is 8.64. The van der Waals surface area contributed by atoms with E-state index in [0.717, 1.165) is 46.0 Å². The molecular formula is C22H19FN2S. The van der Waals surface area contributed by atoms with Crippen LogP contribution in [0.3, 0.4) is 0 Å². The van der Waals surface area contributed by atoms with Gasteiger partial charge in [0.2, 0.25) is 0 Å². The standard InChI is InChI=1S/C22H19FN2S/c1-2-3-13-26-22-20(15-24)19(16-9-11-18(23)12-10-16)14-21(25-22)17-7-5-4-6-8-17/h4-12,14H,2-3,13H2,1H3. The smallest absolute Gasteiger partial charge is 0.123 e. The molecule has 0 radical (unpaired) electrons. The fourth-order valence-electron chi connectivity index (χ4n) is 2.66. The third-order valence-electron chi connectivity index (χ3n) is 4.06. The number of nitriles is 1. The number of thioether (sulfide) groups is 1. The Morgan fingerprint density at radius 2 is 1.77 bits per heavy atom. The van der Waals surface area contributed by atoms with Gasteiger partial charge in [0.1, 0.15) is 16.9 Å². The number of hydrogen-bond donors (Lipinski definition) is 0. The number of aromatic nitrogens is 1. The van der Waals surface area contributed by atoms with E-state index in [1.165, 1.54) is 12.1 Å². The molecule has 0 aliphatic heterocycles. The lowest BCUT2D eigenvalue weighted by Crippen LogP contribution is -1.96. The molecule has 0 saturated carbocycles. The van der Waals surface area contributed by atoms with E-state index >= 15 is 0 Å². The fourth-order valence-corrected chi connectivity index (χ4v) is 3.75. The average Bonchev–Trinajstić information content (AvgIpc) is 2.69. The van der Waals surface area contributed by atoms with Crippen LogP contribution in [0.1, 0.15) is 25.3 Å².